The molecule has 0 saturated carbocycles. The third-order valence-corrected chi connectivity index (χ3v) is 5.27. The van der Waals surface area contributed by atoms with Crippen molar-refractivity contribution in [3.8, 4) is 6.07 Å². The molecule has 0 N–H and O–H groups in total. The van der Waals surface area contributed by atoms with Gasteiger partial charge in [-0.1, -0.05) is 32.1 Å². The number of imide groups is 1. The van der Waals surface area contributed by atoms with Crippen molar-refractivity contribution in [1.29, 1.82) is 5.26 Å². The molecule has 4 unspecified atom stereocenters. The lowest BCUT2D eigenvalue weighted by Gasteiger charge is -2.28. The van der Waals surface area contributed by atoms with Crippen LogP contribution in [-0.4, -0.2) is 33.5 Å². The lowest BCUT2D eigenvalue weighted by molar-refractivity contribution is -0.148. The molecule has 27 heavy (non-hydrogen) atoms. The standard InChI is InChI=1S/C21H23N3O3/c1-13(2)11-18(19(25)16(12-22)17-9-5-6-10-23-17)24-20(26)14-7-3-4-8-15(14)21(24)27/h3-6,9-10,13-16,18H,7-8,11H2,1-2H3. The van der Waals surface area contributed by atoms with Crippen LogP contribution < -0.4 is 0 Å². The van der Waals surface area contributed by atoms with Gasteiger partial charge in [-0.15, -0.1) is 0 Å². The predicted molar refractivity (Wildman–Crippen MR) is 98.0 cm³/mol. The quantitative estimate of drug-likeness (QED) is 0.571. The zero-order chi connectivity index (χ0) is 19.6. The van der Waals surface area contributed by atoms with E-state index in [9.17, 15) is 19.6 Å². The zero-order valence-corrected chi connectivity index (χ0v) is 15.5. The summed E-state index contributed by atoms with van der Waals surface area (Å²) in [7, 11) is 0. The molecule has 0 radical (unpaired) electrons. The smallest absolute Gasteiger partial charge is 0.234 e. The van der Waals surface area contributed by atoms with Crippen molar-refractivity contribution in [3.05, 3.63) is 42.2 Å². The highest BCUT2D eigenvalue weighted by Gasteiger charge is 2.52. The summed E-state index contributed by atoms with van der Waals surface area (Å²) in [6.07, 6.45) is 6.75. The van der Waals surface area contributed by atoms with Crippen LogP contribution >= 0.6 is 0 Å². The Balaban J connectivity index is 1.94. The molecule has 2 aliphatic rings. The number of amides is 2. The van der Waals surface area contributed by atoms with Gasteiger partial charge in [0, 0.05) is 6.20 Å². The first kappa shape index (κ1) is 19.0. The van der Waals surface area contributed by atoms with E-state index in [1.807, 2.05) is 32.1 Å². The van der Waals surface area contributed by atoms with Crippen molar-refractivity contribution in [2.75, 3.05) is 0 Å². The molecule has 1 aromatic heterocycles. The van der Waals surface area contributed by atoms with Crippen molar-refractivity contribution in [3.63, 3.8) is 0 Å². The highest BCUT2D eigenvalue weighted by atomic mass is 16.2. The fraction of sp³-hybridized carbons (Fsp3) is 0.476. The molecule has 6 nitrogen and oxygen atoms in total. The second-order valence-electron chi connectivity index (χ2n) is 7.57. The van der Waals surface area contributed by atoms with Crippen LogP contribution in [0.2, 0.25) is 0 Å². The minimum Gasteiger partial charge on any atom is -0.295 e. The second-order valence-corrected chi connectivity index (χ2v) is 7.57. The van der Waals surface area contributed by atoms with Gasteiger partial charge < -0.3 is 0 Å². The Bertz CT molecular complexity index is 784. The molecule has 1 aliphatic carbocycles. The van der Waals surface area contributed by atoms with E-state index in [1.54, 1.807) is 18.2 Å². The van der Waals surface area contributed by atoms with Crippen LogP contribution in [0.15, 0.2) is 36.5 Å². The molecule has 1 aromatic rings. The highest BCUT2D eigenvalue weighted by Crippen LogP contribution is 2.38. The number of likely N-dealkylation sites (tertiary alicyclic amines) is 1. The molecule has 0 bridgehead atoms. The summed E-state index contributed by atoms with van der Waals surface area (Å²) < 4.78 is 0. The first-order valence-electron chi connectivity index (χ1n) is 9.31. The Kier molecular flexibility index (Phi) is 5.50. The maximum absolute atomic E-state index is 13.3. The summed E-state index contributed by atoms with van der Waals surface area (Å²) in [5.41, 5.74) is 0.344. The zero-order valence-electron chi connectivity index (χ0n) is 15.5. The first-order valence-corrected chi connectivity index (χ1v) is 9.31. The summed E-state index contributed by atoms with van der Waals surface area (Å²) in [5.74, 6) is -2.80. The molecule has 1 aliphatic heterocycles. The Morgan fingerprint density at radius 2 is 1.85 bits per heavy atom. The van der Waals surface area contributed by atoms with Gasteiger partial charge >= 0.3 is 0 Å². The molecule has 1 saturated heterocycles. The molecular weight excluding hydrogens is 342 g/mol. The monoisotopic (exact) mass is 365 g/mol. The van der Waals surface area contributed by atoms with E-state index in [2.05, 4.69) is 4.98 Å². The lowest BCUT2D eigenvalue weighted by Crippen LogP contribution is -2.47. The molecule has 1 fully saturated rings. The number of nitrogens with zero attached hydrogens (tertiary/aromatic N) is 3. The number of Topliss-reactive ketones (excluding diaryl/α,β-unsaturated/α-hetero) is 1. The Labute approximate surface area is 158 Å². The van der Waals surface area contributed by atoms with Crippen molar-refractivity contribution in [2.45, 2.75) is 45.1 Å². The number of hydrogen-bond donors (Lipinski definition) is 0. The predicted octanol–water partition coefficient (Wildman–Crippen LogP) is 2.62. The number of nitriles is 1. The number of pyridine rings is 1. The highest BCUT2D eigenvalue weighted by molar-refractivity contribution is 6.09. The molecule has 6 heteroatoms. The van der Waals surface area contributed by atoms with E-state index in [-0.39, 0.29) is 29.6 Å². The summed E-state index contributed by atoms with van der Waals surface area (Å²) in [4.78, 5) is 44.4. The summed E-state index contributed by atoms with van der Waals surface area (Å²) in [5, 5.41) is 9.60. The Hall–Kier alpha value is -2.81. The molecule has 140 valence electrons. The van der Waals surface area contributed by atoms with Gasteiger partial charge in [0.1, 0.15) is 12.0 Å². The molecule has 0 spiro atoms. The van der Waals surface area contributed by atoms with Crippen LogP contribution in [-0.2, 0) is 14.4 Å². The lowest BCUT2D eigenvalue weighted by atomic mass is 9.85. The van der Waals surface area contributed by atoms with Crippen molar-refractivity contribution in [1.82, 2.24) is 9.88 Å². The maximum atomic E-state index is 13.3. The van der Waals surface area contributed by atoms with E-state index in [0.717, 1.165) is 4.90 Å². The van der Waals surface area contributed by atoms with Gasteiger partial charge in [-0.05, 0) is 37.3 Å². The number of hydrogen-bond acceptors (Lipinski definition) is 5. The number of carbonyl (C=O) groups is 3. The Morgan fingerprint density at radius 3 is 2.33 bits per heavy atom. The number of rotatable bonds is 6. The number of aromatic nitrogens is 1. The van der Waals surface area contributed by atoms with Crippen LogP contribution in [0.3, 0.4) is 0 Å². The van der Waals surface area contributed by atoms with Gasteiger partial charge in [-0.2, -0.15) is 5.26 Å². The minimum atomic E-state index is -1.10. The van der Waals surface area contributed by atoms with E-state index >= 15 is 0 Å². The van der Waals surface area contributed by atoms with Crippen LogP contribution in [0.5, 0.6) is 0 Å². The summed E-state index contributed by atoms with van der Waals surface area (Å²) in [6.45, 7) is 3.87. The Morgan fingerprint density at radius 1 is 1.22 bits per heavy atom. The molecule has 2 heterocycles. The van der Waals surface area contributed by atoms with E-state index in [4.69, 9.17) is 0 Å². The van der Waals surface area contributed by atoms with Crippen LogP contribution in [0.25, 0.3) is 0 Å². The van der Waals surface area contributed by atoms with Gasteiger partial charge in [0.2, 0.25) is 11.8 Å². The average molecular weight is 365 g/mol. The fourth-order valence-electron chi connectivity index (χ4n) is 3.94. The van der Waals surface area contributed by atoms with Crippen molar-refractivity contribution in [2.24, 2.45) is 17.8 Å². The van der Waals surface area contributed by atoms with Gasteiger partial charge in [-0.25, -0.2) is 0 Å². The number of fused-ring (bicyclic) bond motifs is 1. The molecule has 2 amide bonds. The van der Waals surface area contributed by atoms with Crippen LogP contribution in [0.4, 0.5) is 0 Å². The molecular formula is C21H23N3O3. The first-order chi connectivity index (χ1) is 13.0. The third kappa shape index (κ3) is 3.55. The van der Waals surface area contributed by atoms with E-state index in [0.29, 0.717) is 25.0 Å². The van der Waals surface area contributed by atoms with Gasteiger partial charge in [0.25, 0.3) is 0 Å². The van der Waals surface area contributed by atoms with Gasteiger partial charge in [0.05, 0.1) is 23.6 Å². The number of carbonyl (C=O) groups excluding carboxylic acids is 3. The number of ketones is 1. The molecule has 3 rings (SSSR count). The van der Waals surface area contributed by atoms with Gasteiger partial charge in [0.15, 0.2) is 5.78 Å². The normalized spacial score (nSPS) is 23.9. The van der Waals surface area contributed by atoms with Crippen molar-refractivity contribution >= 4 is 17.6 Å². The second kappa shape index (κ2) is 7.83. The van der Waals surface area contributed by atoms with Crippen molar-refractivity contribution < 1.29 is 14.4 Å². The SMILES string of the molecule is CC(C)CC(C(=O)C(C#N)c1ccccn1)N1C(=O)C2CC=CCC2C1=O. The topological polar surface area (TPSA) is 91.1 Å². The van der Waals surface area contributed by atoms with E-state index in [1.165, 1.54) is 6.20 Å². The van der Waals surface area contributed by atoms with Crippen LogP contribution in [0.1, 0.15) is 44.7 Å². The average Bonchev–Trinajstić information content (AvgIpc) is 2.92. The number of allylic oxidation sites excluding steroid dienone is 2. The summed E-state index contributed by atoms with van der Waals surface area (Å²) >= 11 is 0. The largest absolute Gasteiger partial charge is 0.295 e. The maximum Gasteiger partial charge on any atom is 0.234 e. The molecule has 4 atom stereocenters. The third-order valence-electron chi connectivity index (χ3n) is 5.27. The minimum absolute atomic E-state index is 0.0865. The fourth-order valence-corrected chi connectivity index (χ4v) is 3.94. The van der Waals surface area contributed by atoms with Crippen LogP contribution in [0, 0.1) is 29.1 Å². The van der Waals surface area contributed by atoms with Gasteiger partial charge in [-0.3, -0.25) is 24.3 Å². The molecule has 0 aromatic carbocycles. The van der Waals surface area contributed by atoms with E-state index < -0.39 is 17.7 Å². The summed E-state index contributed by atoms with van der Waals surface area (Å²) in [6, 6.07) is 6.13.